The molecule has 1 aromatic carbocycles. The Balaban J connectivity index is 1.90. The van der Waals surface area contributed by atoms with Gasteiger partial charge in [0.1, 0.15) is 0 Å². The number of nitrogens with one attached hydrogen (secondary N) is 1. The second-order valence-corrected chi connectivity index (χ2v) is 5.23. The summed E-state index contributed by atoms with van der Waals surface area (Å²) in [6.07, 6.45) is 4.24. The highest BCUT2D eigenvalue weighted by Gasteiger charge is 2.21. The fraction of sp³-hybridized carbons (Fsp3) is 0.333. The van der Waals surface area contributed by atoms with Crippen molar-refractivity contribution in [3.63, 3.8) is 0 Å². The minimum absolute atomic E-state index is 0.609. The van der Waals surface area contributed by atoms with Gasteiger partial charge in [0.25, 0.3) is 0 Å². The van der Waals surface area contributed by atoms with Gasteiger partial charge in [0.05, 0.1) is 22.6 Å². The minimum atomic E-state index is 0.609. The van der Waals surface area contributed by atoms with E-state index in [9.17, 15) is 0 Å². The van der Waals surface area contributed by atoms with E-state index in [1.54, 1.807) is 29.1 Å². The molecule has 4 nitrogen and oxygen atoms in total. The molecule has 1 heterocycles. The fourth-order valence-corrected chi connectivity index (χ4v) is 2.13. The monoisotopic (exact) mass is 282 g/mol. The van der Waals surface area contributed by atoms with E-state index in [0.29, 0.717) is 16.1 Å². The quantitative estimate of drug-likeness (QED) is 0.938. The number of aromatic nitrogens is 3. The first kappa shape index (κ1) is 12.0. The number of halogens is 2. The van der Waals surface area contributed by atoms with Crippen LogP contribution in [-0.2, 0) is 6.54 Å². The molecule has 0 aliphatic heterocycles. The number of nitrogens with zero attached hydrogens (tertiary/aromatic N) is 3. The SMILES string of the molecule is Clc1ccc(Cl)c(-n2nncc2CNC2CC2)c1. The van der Waals surface area contributed by atoms with Crippen LogP contribution in [0.1, 0.15) is 18.5 Å². The van der Waals surface area contributed by atoms with E-state index < -0.39 is 0 Å². The first-order chi connectivity index (χ1) is 8.74. The molecule has 1 N–H and O–H groups in total. The van der Waals surface area contributed by atoms with Crippen LogP contribution in [0.15, 0.2) is 24.4 Å². The van der Waals surface area contributed by atoms with Gasteiger partial charge < -0.3 is 5.32 Å². The summed E-state index contributed by atoms with van der Waals surface area (Å²) < 4.78 is 1.73. The third-order valence-corrected chi connectivity index (χ3v) is 3.46. The molecule has 1 aliphatic carbocycles. The molecule has 1 fully saturated rings. The maximum Gasteiger partial charge on any atom is 0.0868 e. The summed E-state index contributed by atoms with van der Waals surface area (Å²) in [5, 5.41) is 12.7. The summed E-state index contributed by atoms with van der Waals surface area (Å²) in [4.78, 5) is 0. The molecule has 2 aromatic rings. The van der Waals surface area contributed by atoms with E-state index >= 15 is 0 Å². The van der Waals surface area contributed by atoms with Crippen LogP contribution in [0.5, 0.6) is 0 Å². The molecule has 0 amide bonds. The van der Waals surface area contributed by atoms with Crippen LogP contribution >= 0.6 is 23.2 Å². The van der Waals surface area contributed by atoms with Gasteiger partial charge in [-0.15, -0.1) is 5.10 Å². The Morgan fingerprint density at radius 1 is 1.33 bits per heavy atom. The Bertz CT molecular complexity index is 563. The summed E-state index contributed by atoms with van der Waals surface area (Å²) in [7, 11) is 0. The Morgan fingerprint density at radius 3 is 2.94 bits per heavy atom. The smallest absolute Gasteiger partial charge is 0.0868 e. The van der Waals surface area contributed by atoms with Crippen LogP contribution in [0, 0.1) is 0 Å². The number of hydrogen-bond acceptors (Lipinski definition) is 3. The summed E-state index contributed by atoms with van der Waals surface area (Å²) in [5.74, 6) is 0. The van der Waals surface area contributed by atoms with Crippen LogP contribution in [-0.4, -0.2) is 21.0 Å². The highest BCUT2D eigenvalue weighted by molar-refractivity contribution is 6.34. The molecule has 0 atom stereocenters. The van der Waals surface area contributed by atoms with Crippen LogP contribution in [0.4, 0.5) is 0 Å². The van der Waals surface area contributed by atoms with Gasteiger partial charge in [-0.1, -0.05) is 28.4 Å². The van der Waals surface area contributed by atoms with Crippen molar-refractivity contribution >= 4 is 23.2 Å². The van der Waals surface area contributed by atoms with Crippen molar-refractivity contribution in [1.82, 2.24) is 20.3 Å². The Morgan fingerprint density at radius 2 is 2.17 bits per heavy atom. The molecular weight excluding hydrogens is 271 g/mol. The second kappa shape index (κ2) is 4.88. The van der Waals surface area contributed by atoms with Crippen LogP contribution in [0.25, 0.3) is 5.69 Å². The normalized spacial score (nSPS) is 15.0. The summed E-state index contributed by atoms with van der Waals surface area (Å²) >= 11 is 12.2. The molecule has 94 valence electrons. The van der Waals surface area contributed by atoms with Crippen molar-refractivity contribution in [3.05, 3.63) is 40.1 Å². The topological polar surface area (TPSA) is 42.7 Å². The molecule has 0 saturated heterocycles. The molecule has 0 spiro atoms. The van der Waals surface area contributed by atoms with E-state index in [2.05, 4.69) is 15.6 Å². The lowest BCUT2D eigenvalue weighted by Crippen LogP contribution is -2.18. The summed E-state index contributed by atoms with van der Waals surface area (Å²) in [6, 6.07) is 5.95. The zero-order chi connectivity index (χ0) is 12.5. The van der Waals surface area contributed by atoms with E-state index in [-0.39, 0.29) is 0 Å². The molecule has 1 aromatic heterocycles. The van der Waals surface area contributed by atoms with Gasteiger partial charge >= 0.3 is 0 Å². The van der Waals surface area contributed by atoms with Crippen LogP contribution < -0.4 is 5.32 Å². The highest BCUT2D eigenvalue weighted by atomic mass is 35.5. The number of benzene rings is 1. The van der Waals surface area contributed by atoms with Gasteiger partial charge in [0.2, 0.25) is 0 Å². The Kier molecular flexibility index (Phi) is 3.24. The minimum Gasteiger partial charge on any atom is -0.308 e. The standard InChI is InChI=1S/C12H12Cl2N4/c13-8-1-4-11(14)12(5-8)18-10(7-16-17-18)6-15-9-2-3-9/h1,4-5,7,9,15H,2-3,6H2. The molecule has 0 bridgehead atoms. The maximum atomic E-state index is 6.17. The largest absolute Gasteiger partial charge is 0.308 e. The van der Waals surface area contributed by atoms with Crippen molar-refractivity contribution in [2.24, 2.45) is 0 Å². The average molecular weight is 283 g/mol. The van der Waals surface area contributed by atoms with Gasteiger partial charge in [-0.3, -0.25) is 0 Å². The van der Waals surface area contributed by atoms with Gasteiger partial charge in [0, 0.05) is 17.6 Å². The van der Waals surface area contributed by atoms with Crippen LogP contribution in [0.3, 0.4) is 0 Å². The predicted octanol–water partition coefficient (Wildman–Crippen LogP) is 2.83. The Labute approximate surface area is 115 Å². The van der Waals surface area contributed by atoms with Gasteiger partial charge in [-0.25, -0.2) is 4.68 Å². The predicted molar refractivity (Wildman–Crippen MR) is 71.2 cm³/mol. The molecular formula is C12H12Cl2N4. The lowest BCUT2D eigenvalue weighted by molar-refractivity contribution is 0.647. The molecule has 0 radical (unpaired) electrons. The van der Waals surface area contributed by atoms with E-state index in [1.165, 1.54) is 12.8 Å². The third-order valence-electron chi connectivity index (χ3n) is 2.91. The van der Waals surface area contributed by atoms with Crippen molar-refractivity contribution in [2.45, 2.75) is 25.4 Å². The van der Waals surface area contributed by atoms with Crippen molar-refractivity contribution in [1.29, 1.82) is 0 Å². The van der Waals surface area contributed by atoms with Crippen molar-refractivity contribution in [2.75, 3.05) is 0 Å². The average Bonchev–Trinajstić information content (AvgIpc) is 3.08. The molecule has 1 aliphatic rings. The number of hydrogen-bond donors (Lipinski definition) is 1. The van der Waals surface area contributed by atoms with Gasteiger partial charge in [-0.05, 0) is 31.0 Å². The van der Waals surface area contributed by atoms with Crippen LogP contribution in [0.2, 0.25) is 10.0 Å². The first-order valence-electron chi connectivity index (χ1n) is 5.82. The van der Waals surface area contributed by atoms with Gasteiger partial charge in [0.15, 0.2) is 0 Å². The Hall–Kier alpha value is -1.10. The van der Waals surface area contributed by atoms with Gasteiger partial charge in [-0.2, -0.15) is 0 Å². The first-order valence-corrected chi connectivity index (χ1v) is 6.58. The van der Waals surface area contributed by atoms with E-state index in [1.807, 2.05) is 0 Å². The maximum absolute atomic E-state index is 6.17. The lowest BCUT2D eigenvalue weighted by Gasteiger charge is -2.09. The zero-order valence-corrected chi connectivity index (χ0v) is 11.1. The third kappa shape index (κ3) is 2.51. The molecule has 3 rings (SSSR count). The van der Waals surface area contributed by atoms with Crippen molar-refractivity contribution in [3.8, 4) is 5.69 Å². The number of rotatable bonds is 4. The molecule has 6 heteroatoms. The molecule has 1 saturated carbocycles. The van der Waals surface area contributed by atoms with Crippen molar-refractivity contribution < 1.29 is 0 Å². The van der Waals surface area contributed by atoms with E-state index in [0.717, 1.165) is 17.9 Å². The molecule has 0 unspecified atom stereocenters. The summed E-state index contributed by atoms with van der Waals surface area (Å²) in [6.45, 7) is 0.737. The van der Waals surface area contributed by atoms with E-state index in [4.69, 9.17) is 23.2 Å². The molecule has 18 heavy (non-hydrogen) atoms. The second-order valence-electron chi connectivity index (χ2n) is 4.39. The fourth-order valence-electron chi connectivity index (χ4n) is 1.76. The summed E-state index contributed by atoms with van der Waals surface area (Å²) in [5.41, 5.74) is 1.74. The lowest BCUT2D eigenvalue weighted by atomic mass is 10.3. The zero-order valence-electron chi connectivity index (χ0n) is 9.61. The highest BCUT2D eigenvalue weighted by Crippen LogP contribution is 2.25.